The van der Waals surface area contributed by atoms with Crippen LogP contribution in [0.1, 0.15) is 77.6 Å². The molecule has 0 amide bonds. The predicted molar refractivity (Wildman–Crippen MR) is 193 cm³/mol. The zero-order chi connectivity index (χ0) is 32.9. The van der Waals surface area contributed by atoms with Crippen LogP contribution in [-0.2, 0) is 10.8 Å². The van der Waals surface area contributed by atoms with Crippen molar-refractivity contribution in [3.8, 4) is 0 Å². The molecule has 0 saturated carbocycles. The zero-order valence-corrected chi connectivity index (χ0v) is 28.9. The maximum atomic E-state index is 13.4. The molecule has 46 heavy (non-hydrogen) atoms. The van der Waals surface area contributed by atoms with Gasteiger partial charge in [0.1, 0.15) is 0 Å². The van der Waals surface area contributed by atoms with E-state index >= 15 is 0 Å². The lowest BCUT2D eigenvalue weighted by Crippen LogP contribution is -2.31. The highest BCUT2D eigenvalue weighted by atomic mass is 35.5. The number of allylic oxidation sites excluding steroid dienone is 1. The van der Waals surface area contributed by atoms with Gasteiger partial charge in [-0.3, -0.25) is 9.59 Å². The van der Waals surface area contributed by atoms with Crippen molar-refractivity contribution in [1.29, 1.82) is 0 Å². The van der Waals surface area contributed by atoms with Gasteiger partial charge in [-0.25, -0.2) is 0 Å². The van der Waals surface area contributed by atoms with E-state index in [-0.39, 0.29) is 47.6 Å². The van der Waals surface area contributed by atoms with Crippen molar-refractivity contribution in [2.75, 3.05) is 4.90 Å². The molecular formula is C39H29Cl4NO2. The predicted octanol–water partition coefficient (Wildman–Crippen LogP) is 12.3. The quantitative estimate of drug-likeness (QED) is 0.0803. The van der Waals surface area contributed by atoms with E-state index in [1.807, 2.05) is 18.2 Å². The first-order valence-corrected chi connectivity index (χ1v) is 16.5. The summed E-state index contributed by atoms with van der Waals surface area (Å²) in [6.07, 6.45) is 1.59. The second kappa shape index (κ2) is 10.7. The largest absolute Gasteiger partial charge is 0.310 e. The summed E-state index contributed by atoms with van der Waals surface area (Å²) in [5, 5.41) is 1.84. The molecule has 3 nitrogen and oxygen atoms in total. The van der Waals surface area contributed by atoms with Crippen LogP contribution in [0.2, 0.25) is 20.1 Å². The van der Waals surface area contributed by atoms with E-state index < -0.39 is 11.6 Å². The lowest BCUT2D eigenvalue weighted by Gasteiger charge is -2.43. The van der Waals surface area contributed by atoms with Crippen molar-refractivity contribution < 1.29 is 9.59 Å². The monoisotopic (exact) mass is 683 g/mol. The van der Waals surface area contributed by atoms with Gasteiger partial charge in [-0.05, 0) is 74.8 Å². The standard InChI is InChI=1S/C39H29Cl4NO2/c1-38(2,3)22-13-16-27-26(19-22)39(4,5)31-24-14-11-20(17-21(24)12-15-28(31)44(27)23-9-7-6-8-10-23)18-25-36(45)29-30(37(25)46)33(41)35(43)34(42)32(29)40/h6-19H,1-5H3. The van der Waals surface area contributed by atoms with Crippen LogP contribution in [0, 0.1) is 0 Å². The molecule has 5 aromatic carbocycles. The third-order valence-corrected chi connectivity index (χ3v) is 11.0. The minimum Gasteiger partial charge on any atom is -0.310 e. The van der Waals surface area contributed by atoms with Crippen LogP contribution in [0.3, 0.4) is 0 Å². The lowest BCUT2D eigenvalue weighted by molar-refractivity contribution is 0.0990. The highest BCUT2D eigenvalue weighted by Crippen LogP contribution is 2.54. The number of fused-ring (bicyclic) bond motifs is 5. The zero-order valence-electron chi connectivity index (χ0n) is 25.9. The molecule has 0 N–H and O–H groups in total. The van der Waals surface area contributed by atoms with Crippen molar-refractivity contribution in [2.24, 2.45) is 0 Å². The van der Waals surface area contributed by atoms with E-state index in [0.29, 0.717) is 5.56 Å². The molecule has 0 atom stereocenters. The molecule has 230 valence electrons. The number of nitrogens with zero attached hydrogens (tertiary/aromatic N) is 1. The van der Waals surface area contributed by atoms with Crippen LogP contribution in [0.15, 0.2) is 84.4 Å². The summed E-state index contributed by atoms with van der Waals surface area (Å²) >= 11 is 25.1. The minimum atomic E-state index is -0.526. The molecule has 0 unspecified atom stereocenters. The number of anilines is 3. The fraction of sp³-hybridized carbons (Fsp3) is 0.179. The van der Waals surface area contributed by atoms with E-state index in [1.165, 1.54) is 16.7 Å². The molecule has 7 rings (SSSR count). The van der Waals surface area contributed by atoms with Crippen molar-refractivity contribution in [1.82, 2.24) is 0 Å². The molecule has 2 aliphatic rings. The van der Waals surface area contributed by atoms with Gasteiger partial charge >= 0.3 is 0 Å². The maximum Gasteiger partial charge on any atom is 0.199 e. The summed E-state index contributed by atoms with van der Waals surface area (Å²) in [7, 11) is 0. The number of carbonyl (C=O) groups is 2. The van der Waals surface area contributed by atoms with Gasteiger partial charge in [0, 0.05) is 11.1 Å². The molecule has 1 aliphatic carbocycles. The van der Waals surface area contributed by atoms with E-state index in [4.69, 9.17) is 46.4 Å². The summed E-state index contributed by atoms with van der Waals surface area (Å²) in [6.45, 7) is 11.3. The summed E-state index contributed by atoms with van der Waals surface area (Å²) in [5.74, 6) is -1.05. The van der Waals surface area contributed by atoms with Gasteiger partial charge in [0.05, 0.1) is 48.2 Å². The Labute approximate surface area is 288 Å². The number of Topliss-reactive ketones (excluding diaryl/α,β-unsaturated/α-hetero) is 2. The maximum absolute atomic E-state index is 13.4. The molecule has 1 aliphatic heterocycles. The Hall–Kier alpha value is -3.60. The van der Waals surface area contributed by atoms with Crippen LogP contribution >= 0.6 is 46.4 Å². The molecular weight excluding hydrogens is 656 g/mol. The smallest absolute Gasteiger partial charge is 0.199 e. The van der Waals surface area contributed by atoms with E-state index in [2.05, 4.69) is 100 Å². The highest BCUT2D eigenvalue weighted by molar-refractivity contribution is 6.57. The van der Waals surface area contributed by atoms with Crippen LogP contribution in [0.5, 0.6) is 0 Å². The summed E-state index contributed by atoms with van der Waals surface area (Å²) < 4.78 is 0. The minimum absolute atomic E-state index is 0.00991. The van der Waals surface area contributed by atoms with Gasteiger partial charge in [-0.1, -0.05) is 130 Å². The van der Waals surface area contributed by atoms with Crippen LogP contribution in [0.4, 0.5) is 17.1 Å². The number of rotatable bonds is 2. The second-order valence-electron chi connectivity index (χ2n) is 13.4. The van der Waals surface area contributed by atoms with Gasteiger partial charge in [0.2, 0.25) is 0 Å². The third kappa shape index (κ3) is 4.55. The third-order valence-electron chi connectivity index (χ3n) is 9.20. The average Bonchev–Trinajstić information content (AvgIpc) is 3.27. The molecule has 0 saturated heterocycles. The Morgan fingerprint density at radius 3 is 1.91 bits per heavy atom. The summed E-state index contributed by atoms with van der Waals surface area (Å²) in [5.41, 5.74) is 7.39. The topological polar surface area (TPSA) is 37.4 Å². The molecule has 0 radical (unpaired) electrons. The van der Waals surface area contributed by atoms with Gasteiger partial charge < -0.3 is 4.90 Å². The highest BCUT2D eigenvalue weighted by Gasteiger charge is 2.41. The van der Waals surface area contributed by atoms with E-state index in [0.717, 1.165) is 27.8 Å². The second-order valence-corrected chi connectivity index (χ2v) is 15.0. The number of para-hydroxylation sites is 1. The fourth-order valence-electron chi connectivity index (χ4n) is 6.82. The Kier molecular flexibility index (Phi) is 7.23. The molecule has 7 heteroatoms. The Morgan fingerprint density at radius 1 is 0.696 bits per heavy atom. The van der Waals surface area contributed by atoms with Crippen molar-refractivity contribution in [2.45, 2.75) is 45.4 Å². The first-order chi connectivity index (χ1) is 21.7. The van der Waals surface area contributed by atoms with E-state index in [9.17, 15) is 9.59 Å². The fourth-order valence-corrected chi connectivity index (χ4v) is 7.84. The summed E-state index contributed by atoms with van der Waals surface area (Å²) in [6, 6.07) is 27.5. The molecule has 0 spiro atoms. The van der Waals surface area contributed by atoms with Crippen LogP contribution < -0.4 is 4.90 Å². The Bertz CT molecular complexity index is 2140. The van der Waals surface area contributed by atoms with Crippen molar-refractivity contribution in [3.63, 3.8) is 0 Å². The van der Waals surface area contributed by atoms with E-state index in [1.54, 1.807) is 6.08 Å². The molecule has 0 aromatic heterocycles. The lowest BCUT2D eigenvalue weighted by atomic mass is 9.70. The number of benzene rings is 5. The summed E-state index contributed by atoms with van der Waals surface area (Å²) in [4.78, 5) is 29.2. The molecule has 5 aromatic rings. The Morgan fingerprint density at radius 2 is 1.30 bits per heavy atom. The average molecular weight is 685 g/mol. The number of carbonyl (C=O) groups excluding carboxylic acids is 2. The van der Waals surface area contributed by atoms with Crippen LogP contribution in [0.25, 0.3) is 16.8 Å². The van der Waals surface area contributed by atoms with Gasteiger partial charge in [-0.15, -0.1) is 0 Å². The van der Waals surface area contributed by atoms with Crippen molar-refractivity contribution in [3.05, 3.63) is 138 Å². The molecule has 0 fully saturated rings. The number of hydrogen-bond donors (Lipinski definition) is 0. The van der Waals surface area contributed by atoms with Gasteiger partial charge in [-0.2, -0.15) is 0 Å². The molecule has 0 bridgehead atoms. The van der Waals surface area contributed by atoms with Gasteiger partial charge in [0.15, 0.2) is 11.6 Å². The Balaban J connectivity index is 1.40. The molecule has 1 heterocycles. The van der Waals surface area contributed by atoms with Crippen LogP contribution in [-0.4, -0.2) is 11.6 Å². The number of ketones is 2. The first-order valence-electron chi connectivity index (χ1n) is 15.0. The first kappa shape index (κ1) is 31.0. The SMILES string of the molecule is CC(C)(C)c1ccc2c(c1)C(C)(C)c1c(ccc3cc(C=C4C(=O)c5c(Cl)c(Cl)c(Cl)c(Cl)c5C4=O)ccc13)N2c1ccccc1. The number of halogens is 4. The number of hydrogen-bond acceptors (Lipinski definition) is 3. The van der Waals surface area contributed by atoms with Gasteiger partial charge in [0.25, 0.3) is 0 Å². The normalized spacial score (nSPS) is 15.2. The van der Waals surface area contributed by atoms with Crippen molar-refractivity contribution >= 4 is 91.9 Å².